The summed E-state index contributed by atoms with van der Waals surface area (Å²) in [7, 11) is 0. The maximum Gasteiger partial charge on any atom is 0.506 e. The molecular formula is C10H13BrFMg. The fraction of sp³-hybridized carbons (Fsp3) is 0.300. The van der Waals surface area contributed by atoms with E-state index >= 15 is 0 Å². The molecule has 1 aromatic carbocycles. The molecule has 0 unspecified atom stereocenters. The van der Waals surface area contributed by atoms with Crippen LogP contribution in [0.5, 0.6) is 0 Å². The summed E-state index contributed by atoms with van der Waals surface area (Å²) in [6.45, 7) is 6.25. The van der Waals surface area contributed by atoms with Crippen molar-refractivity contribution in [2.24, 2.45) is 0 Å². The first-order chi connectivity index (χ1) is 6.06. The lowest BCUT2D eigenvalue weighted by Crippen LogP contribution is -2.06. The van der Waals surface area contributed by atoms with Crippen LogP contribution in [0.2, 0.25) is 0 Å². The molecule has 0 atom stereocenters. The second-order valence-electron chi connectivity index (χ2n) is 3.26. The zero-order valence-electron chi connectivity index (χ0n) is 8.27. The summed E-state index contributed by atoms with van der Waals surface area (Å²) in [5.74, 6) is 1.26. The van der Waals surface area contributed by atoms with Crippen molar-refractivity contribution in [1.29, 1.82) is 0 Å². The lowest BCUT2D eigenvalue weighted by Gasteiger charge is -1.90. The van der Waals surface area contributed by atoms with E-state index in [1.165, 1.54) is 21.7 Å². The standard InChI is InChI=1S/C6H4F.C4H9.BrH.Mg/c7-6-4-2-1-3-5-6;1-4(2)3;;/h2-5H;1-3H3;1H;/q;;;+1/p-1. The Morgan fingerprint density at radius 3 is 1.85 bits per heavy atom. The normalized spacial score (nSPS) is 8.77. The summed E-state index contributed by atoms with van der Waals surface area (Å²) in [6, 6.07) is 6.61. The van der Waals surface area contributed by atoms with Gasteiger partial charge in [0.05, 0.1) is 0 Å². The largest absolute Gasteiger partial charge is 0.506 e. The summed E-state index contributed by atoms with van der Waals surface area (Å²) in [5, 5.41) is 0. The molecule has 0 aliphatic rings. The van der Waals surface area contributed by atoms with E-state index < -0.39 is 0 Å². The summed E-state index contributed by atoms with van der Waals surface area (Å²) >= 11 is 3.12. The molecule has 1 aromatic rings. The number of hydrogen-bond acceptors (Lipinski definition) is 0. The lowest BCUT2D eigenvalue weighted by molar-refractivity contribution is 0.628. The van der Waals surface area contributed by atoms with E-state index in [0.29, 0.717) is 0 Å². The molecule has 0 aromatic heterocycles. The second-order valence-corrected chi connectivity index (χ2v) is 6.03. The third kappa shape index (κ3) is 8.72. The van der Waals surface area contributed by atoms with E-state index in [1.807, 2.05) is 12.1 Å². The molecule has 0 fully saturated rings. The van der Waals surface area contributed by atoms with Crippen molar-refractivity contribution in [3.63, 3.8) is 0 Å². The summed E-state index contributed by atoms with van der Waals surface area (Å²) in [6.07, 6.45) is 0. The van der Waals surface area contributed by atoms with Crippen molar-refractivity contribution >= 4 is 34.8 Å². The zero-order valence-corrected chi connectivity index (χ0v) is 11.3. The van der Waals surface area contributed by atoms with Gasteiger partial charge in [-0.1, -0.05) is 32.9 Å². The molecule has 0 nitrogen and oxygen atoms in total. The van der Waals surface area contributed by atoms with Gasteiger partial charge in [-0.2, -0.15) is 3.69 Å². The molecule has 0 saturated heterocycles. The predicted octanol–water partition coefficient (Wildman–Crippen LogP) is 3.09. The molecule has 0 aliphatic heterocycles. The quantitative estimate of drug-likeness (QED) is 0.677. The number of rotatable bonds is 1. The Balaban J connectivity index is 0.000000310. The third-order valence-electron chi connectivity index (χ3n) is 1.07. The van der Waals surface area contributed by atoms with Crippen LogP contribution in [0, 0.1) is 11.7 Å². The van der Waals surface area contributed by atoms with Gasteiger partial charge in [0.2, 0.25) is 0 Å². The Kier molecular flexibility index (Phi) is 8.00. The van der Waals surface area contributed by atoms with Crippen molar-refractivity contribution in [2.45, 2.75) is 20.8 Å². The Morgan fingerprint density at radius 1 is 1.15 bits per heavy atom. The molecule has 69 valence electrons. The summed E-state index contributed by atoms with van der Waals surface area (Å²) in [5.41, 5.74) is 0. The van der Waals surface area contributed by atoms with Gasteiger partial charge in [-0.25, -0.2) is 4.39 Å². The fourth-order valence-electron chi connectivity index (χ4n) is 0.573. The molecule has 0 heterocycles. The van der Waals surface area contributed by atoms with E-state index in [4.69, 9.17) is 0 Å². The van der Waals surface area contributed by atoms with Crippen LogP contribution < -0.4 is 3.69 Å². The van der Waals surface area contributed by atoms with Gasteiger partial charge in [-0.05, 0) is 18.1 Å². The Hall–Kier alpha value is 0.396. The van der Waals surface area contributed by atoms with Gasteiger partial charge in [-0.15, -0.1) is 0 Å². The number of halogens is 2. The van der Waals surface area contributed by atoms with Crippen LogP contribution in [0.4, 0.5) is 4.39 Å². The molecule has 3 heteroatoms. The molecule has 1 radical (unpaired) electrons. The average molecular weight is 256 g/mol. The third-order valence-corrected chi connectivity index (χ3v) is 3.79. The van der Waals surface area contributed by atoms with Crippen LogP contribution in [-0.2, 0) is 0 Å². The summed E-state index contributed by atoms with van der Waals surface area (Å²) < 4.78 is 13.5. The summed E-state index contributed by atoms with van der Waals surface area (Å²) in [4.78, 5) is 0. The van der Waals surface area contributed by atoms with Crippen molar-refractivity contribution in [3.05, 3.63) is 36.0 Å². The van der Waals surface area contributed by atoms with Crippen LogP contribution in [0.25, 0.3) is 0 Å². The predicted molar refractivity (Wildman–Crippen MR) is 61.0 cm³/mol. The SMILES string of the molecule is C[C](C)C.Fc1cc[c]([Mg][Br])cc1. The van der Waals surface area contributed by atoms with Crippen LogP contribution in [0.15, 0.2) is 24.3 Å². The van der Waals surface area contributed by atoms with Crippen molar-refractivity contribution in [1.82, 2.24) is 0 Å². The average Bonchev–Trinajstić information content (AvgIpc) is 2.05. The van der Waals surface area contributed by atoms with Gasteiger partial charge in [0.25, 0.3) is 0 Å². The van der Waals surface area contributed by atoms with Crippen molar-refractivity contribution < 1.29 is 4.39 Å². The van der Waals surface area contributed by atoms with E-state index in [2.05, 4.69) is 33.7 Å². The van der Waals surface area contributed by atoms with Gasteiger partial charge < -0.3 is 0 Å². The van der Waals surface area contributed by atoms with Gasteiger partial charge >= 0.3 is 18.2 Å². The molecule has 13 heavy (non-hydrogen) atoms. The highest BCUT2D eigenvalue weighted by molar-refractivity contribution is 9.23. The minimum absolute atomic E-state index is 0.159. The zero-order chi connectivity index (χ0) is 10.3. The van der Waals surface area contributed by atoms with Crippen LogP contribution in [0.3, 0.4) is 0 Å². The first-order valence-corrected chi connectivity index (χ1v) is 8.74. The Morgan fingerprint density at radius 2 is 1.54 bits per heavy atom. The van der Waals surface area contributed by atoms with Crippen molar-refractivity contribution in [3.8, 4) is 0 Å². The maximum absolute atomic E-state index is 12.2. The minimum atomic E-state index is -0.279. The topological polar surface area (TPSA) is 0 Å². The van der Waals surface area contributed by atoms with Crippen LogP contribution >= 0.6 is 12.9 Å². The monoisotopic (exact) mass is 255 g/mol. The van der Waals surface area contributed by atoms with Crippen LogP contribution in [-0.4, -0.2) is 18.2 Å². The van der Waals surface area contributed by atoms with Crippen molar-refractivity contribution in [2.75, 3.05) is 0 Å². The first kappa shape index (κ1) is 13.4. The van der Waals surface area contributed by atoms with E-state index in [1.54, 1.807) is 0 Å². The number of hydrogen-bond donors (Lipinski definition) is 0. The molecule has 0 amide bonds. The minimum Gasteiger partial charge on any atom is -0.296 e. The second kappa shape index (κ2) is 7.77. The molecule has 0 saturated carbocycles. The highest BCUT2D eigenvalue weighted by Gasteiger charge is 1.92. The molecule has 0 aliphatic carbocycles. The maximum atomic E-state index is 12.2. The Labute approximate surface area is 95.5 Å². The van der Waals surface area contributed by atoms with Crippen LogP contribution in [0.1, 0.15) is 20.8 Å². The number of benzene rings is 1. The van der Waals surface area contributed by atoms with E-state index in [9.17, 15) is 4.39 Å². The van der Waals surface area contributed by atoms with Gasteiger partial charge in [0.15, 0.2) is 0 Å². The highest BCUT2D eigenvalue weighted by Crippen LogP contribution is 1.92. The van der Waals surface area contributed by atoms with Gasteiger partial charge in [-0.3, -0.25) is 12.9 Å². The molecule has 0 spiro atoms. The molecule has 0 bridgehead atoms. The first-order valence-electron chi connectivity index (χ1n) is 4.13. The van der Waals surface area contributed by atoms with Gasteiger partial charge in [0, 0.05) is 0 Å². The molecular weight excluding hydrogens is 243 g/mol. The Bertz CT molecular complexity index is 218. The molecule has 0 N–H and O–H groups in total. The lowest BCUT2D eigenvalue weighted by atomic mass is 10.3. The van der Waals surface area contributed by atoms with Gasteiger partial charge in [0.1, 0.15) is 5.82 Å². The van der Waals surface area contributed by atoms with E-state index in [-0.39, 0.29) is 24.0 Å². The highest BCUT2D eigenvalue weighted by atomic mass is 79.9. The van der Waals surface area contributed by atoms with E-state index in [0.717, 1.165) is 0 Å². The fourth-order valence-corrected chi connectivity index (χ4v) is 2.11. The molecule has 1 rings (SSSR count). The smallest absolute Gasteiger partial charge is 0.296 e.